The predicted octanol–water partition coefficient (Wildman–Crippen LogP) is 3.76. The van der Waals surface area contributed by atoms with Crippen molar-refractivity contribution in [1.29, 1.82) is 0 Å². The minimum atomic E-state index is -6.30. The fourth-order valence-corrected chi connectivity index (χ4v) is 2.01. The number of rotatable bonds is 3. The molecule has 0 amide bonds. The van der Waals surface area contributed by atoms with Gasteiger partial charge in [-0.3, -0.25) is 0 Å². The van der Waals surface area contributed by atoms with Gasteiger partial charge in [0.25, 0.3) is 0 Å². The van der Waals surface area contributed by atoms with Crippen molar-refractivity contribution >= 4 is 12.4 Å². The van der Waals surface area contributed by atoms with Crippen LogP contribution in [0.25, 0.3) is 0 Å². The van der Waals surface area contributed by atoms with Crippen LogP contribution in [-0.4, -0.2) is 24.1 Å². The number of nitrogens with two attached hydrogens (primary N) is 1. The maximum Gasteiger partial charge on any atom is 0.459 e. The first-order valence-electron chi connectivity index (χ1n) is 5.09. The number of halogens is 8. The fraction of sp³-hybridized carbons (Fsp3) is 1.00. The average molecular weight is 304 g/mol. The molecule has 0 heterocycles. The fourth-order valence-electron chi connectivity index (χ4n) is 2.01. The van der Waals surface area contributed by atoms with E-state index in [1.165, 1.54) is 0 Å². The molecule has 0 aromatic heterocycles. The van der Waals surface area contributed by atoms with E-state index < -0.39 is 30.0 Å². The molecule has 1 saturated carbocycles. The molecule has 0 unspecified atom stereocenters. The van der Waals surface area contributed by atoms with Crippen molar-refractivity contribution in [2.75, 3.05) is 0 Å². The van der Waals surface area contributed by atoms with Gasteiger partial charge in [0.1, 0.15) is 0 Å². The van der Waals surface area contributed by atoms with Crippen LogP contribution in [0.4, 0.5) is 30.7 Å². The SMILES string of the molecule is Cl.N[C@H](C1CCCC1)C(F)(F)C(F)(F)C(F)(F)F. The lowest BCUT2D eigenvalue weighted by atomic mass is 9.90. The molecule has 1 aliphatic rings. The van der Waals surface area contributed by atoms with Crippen LogP contribution in [0.3, 0.4) is 0 Å². The summed E-state index contributed by atoms with van der Waals surface area (Å²) in [5.41, 5.74) is 4.91. The Balaban J connectivity index is 0.00000289. The van der Waals surface area contributed by atoms with Crippen LogP contribution in [0.5, 0.6) is 0 Å². The molecule has 2 N–H and O–H groups in total. The number of alkyl halides is 7. The largest absolute Gasteiger partial charge is 0.459 e. The van der Waals surface area contributed by atoms with Crippen LogP contribution in [0.2, 0.25) is 0 Å². The molecule has 0 aliphatic heterocycles. The van der Waals surface area contributed by atoms with Crippen molar-refractivity contribution in [1.82, 2.24) is 0 Å². The van der Waals surface area contributed by atoms with Crippen molar-refractivity contribution in [3.05, 3.63) is 0 Å². The standard InChI is InChI=1S/C9H12F7N.ClH/c10-7(11,8(12,13)9(14,15)16)6(17)5-3-1-2-4-5;/h5-6H,1-4,17H2;1H/t6-;/m1./s1. The van der Waals surface area contributed by atoms with E-state index >= 15 is 0 Å². The van der Waals surface area contributed by atoms with E-state index in [2.05, 4.69) is 0 Å². The van der Waals surface area contributed by atoms with Crippen LogP contribution in [0.1, 0.15) is 25.7 Å². The van der Waals surface area contributed by atoms with E-state index in [-0.39, 0.29) is 25.2 Å². The molecule has 0 aromatic carbocycles. The summed E-state index contributed by atoms with van der Waals surface area (Å²) in [4.78, 5) is 0. The van der Waals surface area contributed by atoms with Crippen molar-refractivity contribution < 1.29 is 30.7 Å². The van der Waals surface area contributed by atoms with Crippen LogP contribution < -0.4 is 5.73 Å². The van der Waals surface area contributed by atoms with Gasteiger partial charge in [0.05, 0.1) is 6.04 Å². The first-order chi connectivity index (χ1) is 7.52. The molecule has 1 fully saturated rings. The monoisotopic (exact) mass is 303 g/mol. The van der Waals surface area contributed by atoms with Crippen LogP contribution in [0, 0.1) is 5.92 Å². The molecule has 1 atom stereocenters. The molecule has 1 nitrogen and oxygen atoms in total. The van der Waals surface area contributed by atoms with Gasteiger partial charge in [-0.2, -0.15) is 30.7 Å². The van der Waals surface area contributed by atoms with Gasteiger partial charge in [-0.05, 0) is 18.8 Å². The lowest BCUT2D eigenvalue weighted by Crippen LogP contribution is -2.62. The molecule has 9 heteroatoms. The van der Waals surface area contributed by atoms with Crippen LogP contribution in [-0.2, 0) is 0 Å². The predicted molar refractivity (Wildman–Crippen MR) is 53.1 cm³/mol. The summed E-state index contributed by atoms with van der Waals surface area (Å²) in [7, 11) is 0. The Labute approximate surface area is 105 Å². The summed E-state index contributed by atoms with van der Waals surface area (Å²) in [6, 6.07) is -2.47. The van der Waals surface area contributed by atoms with E-state index in [1.807, 2.05) is 0 Å². The van der Waals surface area contributed by atoms with Crippen LogP contribution >= 0.6 is 12.4 Å². The molecule has 0 bridgehead atoms. The molecular formula is C9H13ClF7N. The molecule has 0 saturated heterocycles. The van der Waals surface area contributed by atoms with E-state index in [4.69, 9.17) is 5.73 Å². The molecule has 110 valence electrons. The summed E-state index contributed by atoms with van der Waals surface area (Å²) < 4.78 is 87.3. The Morgan fingerprint density at radius 3 is 1.61 bits per heavy atom. The van der Waals surface area contributed by atoms with Crippen molar-refractivity contribution in [3.8, 4) is 0 Å². The van der Waals surface area contributed by atoms with E-state index in [1.54, 1.807) is 0 Å². The molecule has 0 spiro atoms. The topological polar surface area (TPSA) is 26.0 Å². The Kier molecular flexibility index (Phi) is 5.33. The zero-order chi connectivity index (χ0) is 13.5. The molecular weight excluding hydrogens is 291 g/mol. The van der Waals surface area contributed by atoms with Crippen molar-refractivity contribution in [2.45, 2.75) is 49.7 Å². The Morgan fingerprint density at radius 2 is 1.28 bits per heavy atom. The minimum absolute atomic E-state index is 0. The summed E-state index contributed by atoms with van der Waals surface area (Å²) in [5.74, 6) is -12.4. The number of hydrogen-bond acceptors (Lipinski definition) is 1. The van der Waals surface area contributed by atoms with E-state index in [0.29, 0.717) is 12.8 Å². The molecule has 1 aliphatic carbocycles. The van der Waals surface area contributed by atoms with E-state index in [9.17, 15) is 30.7 Å². The second-order valence-electron chi connectivity index (χ2n) is 4.27. The lowest BCUT2D eigenvalue weighted by Gasteiger charge is -2.34. The summed E-state index contributed by atoms with van der Waals surface area (Å²) in [6.45, 7) is 0. The average Bonchev–Trinajstić information content (AvgIpc) is 2.66. The molecule has 18 heavy (non-hydrogen) atoms. The molecule has 0 radical (unpaired) electrons. The normalized spacial score (nSPS) is 20.7. The molecule has 1 rings (SSSR count). The zero-order valence-electron chi connectivity index (χ0n) is 9.11. The third-order valence-corrected chi connectivity index (χ3v) is 3.10. The first kappa shape index (κ1) is 17.8. The maximum absolute atomic E-state index is 13.1. The molecule has 0 aromatic rings. The minimum Gasteiger partial charge on any atom is -0.322 e. The van der Waals surface area contributed by atoms with Crippen molar-refractivity contribution in [2.24, 2.45) is 11.7 Å². The highest BCUT2D eigenvalue weighted by Crippen LogP contribution is 2.50. The summed E-state index contributed by atoms with van der Waals surface area (Å²) in [6.07, 6.45) is -4.94. The van der Waals surface area contributed by atoms with Gasteiger partial charge >= 0.3 is 18.0 Å². The second-order valence-corrected chi connectivity index (χ2v) is 4.27. The van der Waals surface area contributed by atoms with Crippen molar-refractivity contribution in [3.63, 3.8) is 0 Å². The Bertz CT molecular complexity index is 273. The quantitative estimate of drug-likeness (QED) is 0.789. The zero-order valence-corrected chi connectivity index (χ0v) is 9.93. The van der Waals surface area contributed by atoms with Gasteiger partial charge in [0.2, 0.25) is 0 Å². The van der Waals surface area contributed by atoms with Gasteiger partial charge in [-0.15, -0.1) is 12.4 Å². The van der Waals surface area contributed by atoms with Gasteiger partial charge in [0, 0.05) is 0 Å². The number of hydrogen-bond donors (Lipinski definition) is 1. The highest BCUT2D eigenvalue weighted by atomic mass is 35.5. The summed E-state index contributed by atoms with van der Waals surface area (Å²) >= 11 is 0. The van der Waals surface area contributed by atoms with E-state index in [0.717, 1.165) is 0 Å². The smallest absolute Gasteiger partial charge is 0.322 e. The van der Waals surface area contributed by atoms with Gasteiger partial charge in [-0.25, -0.2) is 0 Å². The van der Waals surface area contributed by atoms with Gasteiger partial charge in [0.15, 0.2) is 0 Å². The Hall–Kier alpha value is -0.240. The first-order valence-corrected chi connectivity index (χ1v) is 5.09. The van der Waals surface area contributed by atoms with Crippen LogP contribution in [0.15, 0.2) is 0 Å². The lowest BCUT2D eigenvalue weighted by molar-refractivity contribution is -0.360. The third-order valence-electron chi connectivity index (χ3n) is 3.10. The van der Waals surface area contributed by atoms with Gasteiger partial charge in [-0.1, -0.05) is 12.8 Å². The Morgan fingerprint density at radius 1 is 0.889 bits per heavy atom. The maximum atomic E-state index is 13.1. The third kappa shape index (κ3) is 2.84. The highest BCUT2D eigenvalue weighted by molar-refractivity contribution is 5.85. The summed E-state index contributed by atoms with van der Waals surface area (Å²) in [5, 5.41) is 0. The van der Waals surface area contributed by atoms with Gasteiger partial charge < -0.3 is 5.73 Å². The second kappa shape index (κ2) is 5.40. The highest BCUT2D eigenvalue weighted by Gasteiger charge is 2.75.